The van der Waals surface area contributed by atoms with Crippen LogP contribution >= 0.6 is 0 Å². The Balaban J connectivity index is 2.13. The molecule has 21 heavy (non-hydrogen) atoms. The maximum absolute atomic E-state index is 10.3. The van der Waals surface area contributed by atoms with Crippen molar-refractivity contribution < 1.29 is 5.11 Å². The summed E-state index contributed by atoms with van der Waals surface area (Å²) in [6.45, 7) is 0.366. The van der Waals surface area contributed by atoms with Gasteiger partial charge >= 0.3 is 0 Å². The molecular formula is C17H15N3O. The predicted octanol–water partition coefficient (Wildman–Crippen LogP) is 2.60. The Morgan fingerprint density at radius 2 is 1.71 bits per heavy atom. The summed E-state index contributed by atoms with van der Waals surface area (Å²) in [5, 5.41) is 28.1. The molecule has 0 heterocycles. The zero-order chi connectivity index (χ0) is 15.2. The fourth-order valence-electron chi connectivity index (χ4n) is 2.14. The van der Waals surface area contributed by atoms with Gasteiger partial charge in [-0.25, -0.2) is 0 Å². The van der Waals surface area contributed by atoms with Crippen molar-refractivity contribution in [3.8, 4) is 12.1 Å². The fraction of sp³-hybridized carbons (Fsp3) is 0.176. The van der Waals surface area contributed by atoms with Gasteiger partial charge in [0, 0.05) is 13.6 Å². The molecule has 2 aromatic rings. The Bertz CT molecular complexity index is 695. The summed E-state index contributed by atoms with van der Waals surface area (Å²) in [7, 11) is 1.84. The average molecular weight is 277 g/mol. The zero-order valence-electron chi connectivity index (χ0n) is 11.7. The average Bonchev–Trinajstić information content (AvgIpc) is 2.54. The van der Waals surface area contributed by atoms with E-state index in [1.807, 2.05) is 36.2 Å². The molecule has 0 aliphatic rings. The van der Waals surface area contributed by atoms with Gasteiger partial charge in [0.15, 0.2) is 0 Å². The van der Waals surface area contributed by atoms with Crippen LogP contribution in [0.2, 0.25) is 0 Å². The van der Waals surface area contributed by atoms with Crippen molar-refractivity contribution in [2.75, 3.05) is 18.5 Å². The molecule has 4 nitrogen and oxygen atoms in total. The molecular weight excluding hydrogens is 262 g/mol. The van der Waals surface area contributed by atoms with Crippen LogP contribution in [0.3, 0.4) is 0 Å². The molecule has 0 saturated heterocycles. The Morgan fingerprint density at radius 1 is 1.05 bits per heavy atom. The summed E-state index contributed by atoms with van der Waals surface area (Å²) >= 11 is 0. The molecule has 0 bridgehead atoms. The summed E-state index contributed by atoms with van der Waals surface area (Å²) in [6.07, 6.45) is -0.686. The minimum Gasteiger partial charge on any atom is -0.387 e. The molecule has 2 aromatic carbocycles. The van der Waals surface area contributed by atoms with Crippen LogP contribution in [-0.4, -0.2) is 18.7 Å². The topological polar surface area (TPSA) is 71.0 Å². The molecule has 1 N–H and O–H groups in total. The van der Waals surface area contributed by atoms with E-state index in [0.717, 1.165) is 11.3 Å². The number of aliphatic hydroxyl groups excluding tert-OH is 1. The van der Waals surface area contributed by atoms with Crippen molar-refractivity contribution in [3.63, 3.8) is 0 Å². The highest BCUT2D eigenvalue weighted by atomic mass is 16.3. The van der Waals surface area contributed by atoms with Crippen LogP contribution in [0.4, 0.5) is 5.69 Å². The summed E-state index contributed by atoms with van der Waals surface area (Å²) in [6, 6.07) is 18.3. The molecule has 0 aromatic heterocycles. The number of para-hydroxylation sites is 1. The van der Waals surface area contributed by atoms with Gasteiger partial charge < -0.3 is 10.0 Å². The van der Waals surface area contributed by atoms with Crippen molar-refractivity contribution in [2.45, 2.75) is 6.10 Å². The van der Waals surface area contributed by atoms with E-state index in [-0.39, 0.29) is 0 Å². The summed E-state index contributed by atoms with van der Waals surface area (Å²) in [5.41, 5.74) is 2.67. The van der Waals surface area contributed by atoms with Crippen LogP contribution in [-0.2, 0) is 0 Å². The SMILES string of the molecule is CN(CC(O)c1ccc(C#N)cc1)c1ccccc1C#N. The van der Waals surface area contributed by atoms with Crippen LogP contribution in [0.25, 0.3) is 0 Å². The highest BCUT2D eigenvalue weighted by molar-refractivity contribution is 5.58. The summed E-state index contributed by atoms with van der Waals surface area (Å²) in [4.78, 5) is 1.85. The lowest BCUT2D eigenvalue weighted by molar-refractivity contribution is 0.185. The lowest BCUT2D eigenvalue weighted by atomic mass is 10.1. The Labute approximate surface area is 124 Å². The molecule has 0 amide bonds. The first-order valence-electron chi connectivity index (χ1n) is 6.54. The van der Waals surface area contributed by atoms with Gasteiger partial charge in [-0.3, -0.25) is 0 Å². The molecule has 0 spiro atoms. The summed E-state index contributed by atoms with van der Waals surface area (Å²) < 4.78 is 0. The van der Waals surface area contributed by atoms with Gasteiger partial charge in [-0.2, -0.15) is 10.5 Å². The maximum atomic E-state index is 10.3. The highest BCUT2D eigenvalue weighted by Crippen LogP contribution is 2.22. The second kappa shape index (κ2) is 6.56. The number of hydrogen-bond donors (Lipinski definition) is 1. The molecule has 1 unspecified atom stereocenters. The van der Waals surface area contributed by atoms with Crippen molar-refractivity contribution in [1.82, 2.24) is 0 Å². The van der Waals surface area contributed by atoms with E-state index in [9.17, 15) is 5.11 Å². The smallest absolute Gasteiger partial charge is 0.101 e. The molecule has 104 valence electrons. The fourth-order valence-corrected chi connectivity index (χ4v) is 2.14. The van der Waals surface area contributed by atoms with Gasteiger partial charge in [0.1, 0.15) is 6.07 Å². The van der Waals surface area contributed by atoms with Crippen LogP contribution in [0.15, 0.2) is 48.5 Å². The van der Waals surface area contributed by atoms with E-state index in [1.165, 1.54) is 0 Å². The standard InChI is InChI=1S/C17H15N3O/c1-20(16-5-3-2-4-15(16)11-19)12-17(21)14-8-6-13(10-18)7-9-14/h2-9,17,21H,12H2,1H3. The highest BCUT2D eigenvalue weighted by Gasteiger charge is 2.13. The first-order chi connectivity index (χ1) is 10.2. The van der Waals surface area contributed by atoms with Crippen molar-refractivity contribution in [3.05, 3.63) is 65.2 Å². The normalized spacial score (nSPS) is 11.2. The number of anilines is 1. The Kier molecular flexibility index (Phi) is 4.56. The second-order valence-electron chi connectivity index (χ2n) is 4.76. The first-order valence-corrected chi connectivity index (χ1v) is 6.54. The zero-order valence-corrected chi connectivity index (χ0v) is 11.7. The van der Waals surface area contributed by atoms with E-state index < -0.39 is 6.10 Å². The lowest BCUT2D eigenvalue weighted by Gasteiger charge is -2.23. The lowest BCUT2D eigenvalue weighted by Crippen LogP contribution is -2.24. The van der Waals surface area contributed by atoms with E-state index in [1.54, 1.807) is 30.3 Å². The van der Waals surface area contributed by atoms with E-state index >= 15 is 0 Å². The third-order valence-corrected chi connectivity index (χ3v) is 3.31. The van der Waals surface area contributed by atoms with Crippen molar-refractivity contribution in [2.24, 2.45) is 0 Å². The Morgan fingerprint density at radius 3 is 2.33 bits per heavy atom. The number of rotatable bonds is 4. The number of nitriles is 2. The number of benzene rings is 2. The van der Waals surface area contributed by atoms with Crippen LogP contribution < -0.4 is 4.90 Å². The maximum Gasteiger partial charge on any atom is 0.101 e. The van der Waals surface area contributed by atoms with Crippen molar-refractivity contribution in [1.29, 1.82) is 10.5 Å². The predicted molar refractivity (Wildman–Crippen MR) is 80.5 cm³/mol. The van der Waals surface area contributed by atoms with E-state index in [2.05, 4.69) is 6.07 Å². The van der Waals surface area contributed by atoms with Crippen LogP contribution in [0, 0.1) is 22.7 Å². The van der Waals surface area contributed by atoms with Gasteiger partial charge in [-0.05, 0) is 29.8 Å². The minimum atomic E-state index is -0.686. The van der Waals surface area contributed by atoms with Gasteiger partial charge in [0.25, 0.3) is 0 Å². The summed E-state index contributed by atoms with van der Waals surface area (Å²) in [5.74, 6) is 0. The van der Waals surface area contributed by atoms with Gasteiger partial charge in [-0.1, -0.05) is 24.3 Å². The second-order valence-corrected chi connectivity index (χ2v) is 4.76. The number of likely N-dealkylation sites (N-methyl/N-ethyl adjacent to an activating group) is 1. The first kappa shape index (κ1) is 14.6. The quantitative estimate of drug-likeness (QED) is 0.932. The van der Waals surface area contributed by atoms with Crippen molar-refractivity contribution >= 4 is 5.69 Å². The van der Waals surface area contributed by atoms with Gasteiger partial charge in [0.2, 0.25) is 0 Å². The molecule has 0 aliphatic carbocycles. The number of aliphatic hydroxyl groups is 1. The molecule has 0 radical (unpaired) electrons. The number of nitrogens with zero attached hydrogens (tertiary/aromatic N) is 3. The van der Waals surface area contributed by atoms with Crippen LogP contribution in [0.5, 0.6) is 0 Å². The molecule has 0 fully saturated rings. The molecule has 0 aliphatic heterocycles. The van der Waals surface area contributed by atoms with E-state index in [0.29, 0.717) is 17.7 Å². The van der Waals surface area contributed by atoms with Gasteiger partial charge in [-0.15, -0.1) is 0 Å². The largest absolute Gasteiger partial charge is 0.387 e. The molecule has 0 saturated carbocycles. The third kappa shape index (κ3) is 3.39. The van der Waals surface area contributed by atoms with Gasteiger partial charge in [0.05, 0.1) is 29.0 Å². The van der Waals surface area contributed by atoms with E-state index in [4.69, 9.17) is 10.5 Å². The number of hydrogen-bond acceptors (Lipinski definition) is 4. The molecule has 4 heteroatoms. The Hall–Kier alpha value is -2.82. The molecule has 2 rings (SSSR count). The minimum absolute atomic E-state index is 0.366. The third-order valence-electron chi connectivity index (χ3n) is 3.31. The molecule has 1 atom stereocenters. The van der Waals surface area contributed by atoms with Crippen LogP contribution in [0.1, 0.15) is 22.8 Å². The monoisotopic (exact) mass is 277 g/mol.